The van der Waals surface area contributed by atoms with Gasteiger partial charge in [-0.1, -0.05) is 43.2 Å². The van der Waals surface area contributed by atoms with Crippen molar-refractivity contribution in [1.82, 2.24) is 14.5 Å². The standard InChI is InChI=1S/C26H36N4O5S/c1-20(26(32)27-22-12-8-9-13-22)29(18-21-11-10-16-24(17-21)35-4)25(31)19-30(36(33,34)28(2)3)23-14-6-5-7-15-23/h5-7,10-11,14-17,20,22H,8-9,12-13,18-19H2,1-4H3,(H,27,32). The number of nitrogens with one attached hydrogen (secondary N) is 1. The Balaban J connectivity index is 1.91. The van der Waals surface area contributed by atoms with Gasteiger partial charge in [0.1, 0.15) is 18.3 Å². The molecular weight excluding hydrogens is 480 g/mol. The first-order valence-corrected chi connectivity index (χ1v) is 13.5. The number of amides is 2. The Hall–Kier alpha value is -3.11. The fraction of sp³-hybridized carbons (Fsp3) is 0.462. The van der Waals surface area contributed by atoms with Gasteiger partial charge in [-0.2, -0.15) is 12.7 Å². The van der Waals surface area contributed by atoms with E-state index in [1.807, 2.05) is 12.1 Å². The van der Waals surface area contributed by atoms with Crippen molar-refractivity contribution in [3.63, 3.8) is 0 Å². The molecule has 0 aliphatic heterocycles. The molecule has 3 rings (SSSR count). The summed E-state index contributed by atoms with van der Waals surface area (Å²) in [6.07, 6.45) is 3.98. The zero-order valence-corrected chi connectivity index (χ0v) is 22.2. The number of ether oxygens (including phenoxy) is 1. The molecule has 0 aromatic heterocycles. The van der Waals surface area contributed by atoms with Gasteiger partial charge in [0, 0.05) is 26.7 Å². The number of methoxy groups -OCH3 is 1. The molecule has 10 heteroatoms. The Bertz CT molecular complexity index is 1130. The Labute approximate surface area is 214 Å². The quantitative estimate of drug-likeness (QED) is 0.495. The maximum Gasteiger partial charge on any atom is 0.304 e. The Morgan fingerprint density at radius 1 is 1.06 bits per heavy atom. The molecular formula is C26H36N4O5S. The number of nitrogens with zero attached hydrogens (tertiary/aromatic N) is 3. The number of hydrogen-bond donors (Lipinski definition) is 1. The van der Waals surface area contributed by atoms with Crippen LogP contribution in [0.3, 0.4) is 0 Å². The number of carbonyl (C=O) groups excluding carboxylic acids is 2. The fourth-order valence-electron chi connectivity index (χ4n) is 4.25. The molecule has 1 N–H and O–H groups in total. The maximum atomic E-state index is 13.7. The number of carbonyl (C=O) groups is 2. The molecule has 36 heavy (non-hydrogen) atoms. The van der Waals surface area contributed by atoms with Crippen molar-refractivity contribution in [2.75, 3.05) is 32.1 Å². The minimum atomic E-state index is -3.97. The second-order valence-electron chi connectivity index (χ2n) is 9.17. The third-order valence-corrected chi connectivity index (χ3v) is 8.24. The summed E-state index contributed by atoms with van der Waals surface area (Å²) in [4.78, 5) is 28.3. The van der Waals surface area contributed by atoms with Crippen LogP contribution in [0, 0.1) is 0 Å². The average molecular weight is 517 g/mol. The molecule has 0 saturated heterocycles. The van der Waals surface area contributed by atoms with Crippen molar-refractivity contribution in [1.29, 1.82) is 0 Å². The van der Waals surface area contributed by atoms with Gasteiger partial charge in [0.2, 0.25) is 11.8 Å². The van der Waals surface area contributed by atoms with Crippen LogP contribution in [0.4, 0.5) is 5.69 Å². The summed E-state index contributed by atoms with van der Waals surface area (Å²) >= 11 is 0. The van der Waals surface area contributed by atoms with Gasteiger partial charge in [-0.15, -0.1) is 0 Å². The van der Waals surface area contributed by atoms with E-state index in [-0.39, 0.29) is 18.5 Å². The SMILES string of the molecule is COc1cccc(CN(C(=O)CN(c2ccccc2)S(=O)(=O)N(C)C)C(C)C(=O)NC2CCCC2)c1. The lowest BCUT2D eigenvalue weighted by atomic mass is 10.1. The van der Waals surface area contributed by atoms with Gasteiger partial charge >= 0.3 is 10.2 Å². The lowest BCUT2D eigenvalue weighted by molar-refractivity contribution is -0.139. The van der Waals surface area contributed by atoms with E-state index in [0.29, 0.717) is 11.4 Å². The van der Waals surface area contributed by atoms with E-state index >= 15 is 0 Å². The van der Waals surface area contributed by atoms with Gasteiger partial charge in [-0.05, 0) is 49.6 Å². The van der Waals surface area contributed by atoms with E-state index in [9.17, 15) is 18.0 Å². The third-order valence-electron chi connectivity index (χ3n) is 6.42. The number of hydrogen-bond acceptors (Lipinski definition) is 5. The fourth-order valence-corrected chi connectivity index (χ4v) is 5.31. The summed E-state index contributed by atoms with van der Waals surface area (Å²) < 4.78 is 33.7. The highest BCUT2D eigenvalue weighted by Gasteiger charge is 2.33. The van der Waals surface area contributed by atoms with E-state index < -0.39 is 28.7 Å². The summed E-state index contributed by atoms with van der Waals surface area (Å²) in [5.74, 6) is -0.106. The number of para-hydroxylation sites is 1. The zero-order chi connectivity index (χ0) is 26.3. The Morgan fingerprint density at radius 2 is 1.72 bits per heavy atom. The second kappa shape index (κ2) is 12.2. The minimum absolute atomic E-state index is 0.101. The predicted molar refractivity (Wildman–Crippen MR) is 140 cm³/mol. The van der Waals surface area contributed by atoms with Gasteiger partial charge < -0.3 is 15.0 Å². The van der Waals surface area contributed by atoms with Gasteiger partial charge in [0.15, 0.2) is 0 Å². The van der Waals surface area contributed by atoms with Crippen molar-refractivity contribution in [3.05, 3.63) is 60.2 Å². The van der Waals surface area contributed by atoms with E-state index in [4.69, 9.17) is 4.74 Å². The molecule has 1 unspecified atom stereocenters. The molecule has 2 amide bonds. The van der Waals surface area contributed by atoms with Crippen LogP contribution >= 0.6 is 0 Å². The lowest BCUT2D eigenvalue weighted by Gasteiger charge is -2.33. The molecule has 2 aromatic rings. The van der Waals surface area contributed by atoms with Crippen molar-refractivity contribution in [3.8, 4) is 5.75 Å². The lowest BCUT2D eigenvalue weighted by Crippen LogP contribution is -2.53. The van der Waals surface area contributed by atoms with Crippen molar-refractivity contribution < 1.29 is 22.7 Å². The summed E-state index contributed by atoms with van der Waals surface area (Å²) in [6, 6.07) is 15.0. The largest absolute Gasteiger partial charge is 0.497 e. The summed E-state index contributed by atoms with van der Waals surface area (Å²) in [5, 5.41) is 3.06. The highest BCUT2D eigenvalue weighted by Crippen LogP contribution is 2.22. The third kappa shape index (κ3) is 6.76. The van der Waals surface area contributed by atoms with Crippen LogP contribution < -0.4 is 14.4 Å². The van der Waals surface area contributed by atoms with Crippen LogP contribution in [0.1, 0.15) is 38.2 Å². The summed E-state index contributed by atoms with van der Waals surface area (Å²) in [6.45, 7) is 1.35. The van der Waals surface area contributed by atoms with Crippen molar-refractivity contribution in [2.24, 2.45) is 0 Å². The topological polar surface area (TPSA) is 99.3 Å². The van der Waals surface area contributed by atoms with Gasteiger partial charge in [0.05, 0.1) is 12.8 Å². The molecule has 0 radical (unpaired) electrons. The minimum Gasteiger partial charge on any atom is -0.497 e. The Kier molecular flexibility index (Phi) is 9.33. The molecule has 0 spiro atoms. The zero-order valence-electron chi connectivity index (χ0n) is 21.4. The van der Waals surface area contributed by atoms with Crippen LogP contribution in [0.2, 0.25) is 0 Å². The van der Waals surface area contributed by atoms with E-state index in [1.165, 1.54) is 19.0 Å². The molecule has 1 atom stereocenters. The van der Waals surface area contributed by atoms with Crippen molar-refractivity contribution in [2.45, 2.75) is 51.2 Å². The molecule has 2 aromatic carbocycles. The van der Waals surface area contributed by atoms with Gasteiger partial charge in [0.25, 0.3) is 0 Å². The van der Waals surface area contributed by atoms with Crippen LogP contribution in [-0.4, -0.2) is 69.3 Å². The van der Waals surface area contributed by atoms with E-state index in [0.717, 1.165) is 39.9 Å². The van der Waals surface area contributed by atoms with Crippen molar-refractivity contribution >= 4 is 27.7 Å². The summed E-state index contributed by atoms with van der Waals surface area (Å²) in [7, 11) is 0.425. The first-order chi connectivity index (χ1) is 17.1. The average Bonchev–Trinajstić information content (AvgIpc) is 3.38. The first-order valence-electron chi connectivity index (χ1n) is 12.1. The van der Waals surface area contributed by atoms with Crippen LogP contribution in [0.5, 0.6) is 5.75 Å². The number of rotatable bonds is 11. The van der Waals surface area contributed by atoms with Gasteiger partial charge in [-0.25, -0.2) is 4.31 Å². The van der Waals surface area contributed by atoms with E-state index in [1.54, 1.807) is 56.5 Å². The first kappa shape index (κ1) is 27.5. The molecule has 1 aliphatic carbocycles. The molecule has 196 valence electrons. The van der Waals surface area contributed by atoms with E-state index in [2.05, 4.69) is 5.32 Å². The second-order valence-corrected chi connectivity index (χ2v) is 11.2. The highest BCUT2D eigenvalue weighted by molar-refractivity contribution is 7.90. The normalized spacial score (nSPS) is 14.9. The Morgan fingerprint density at radius 3 is 2.33 bits per heavy atom. The number of benzene rings is 2. The molecule has 1 fully saturated rings. The monoisotopic (exact) mass is 516 g/mol. The predicted octanol–water partition coefficient (Wildman–Crippen LogP) is 2.78. The molecule has 0 heterocycles. The van der Waals surface area contributed by atoms with Gasteiger partial charge in [-0.3, -0.25) is 9.59 Å². The molecule has 1 saturated carbocycles. The summed E-state index contributed by atoms with van der Waals surface area (Å²) in [5.41, 5.74) is 1.13. The highest BCUT2D eigenvalue weighted by atomic mass is 32.2. The number of anilines is 1. The molecule has 9 nitrogen and oxygen atoms in total. The smallest absolute Gasteiger partial charge is 0.304 e. The van der Waals surface area contributed by atoms with Crippen LogP contribution in [0.15, 0.2) is 54.6 Å². The van der Waals surface area contributed by atoms with Crippen LogP contribution in [0.25, 0.3) is 0 Å². The van der Waals surface area contributed by atoms with Crippen LogP contribution in [-0.2, 0) is 26.3 Å². The maximum absolute atomic E-state index is 13.7. The molecule has 0 bridgehead atoms. The molecule has 1 aliphatic rings.